The van der Waals surface area contributed by atoms with Crippen LogP contribution >= 0.6 is 0 Å². The molecular formula is C20H41NO3. The van der Waals surface area contributed by atoms with Crippen molar-refractivity contribution < 1.29 is 15.0 Å². The van der Waals surface area contributed by atoms with E-state index in [0.29, 0.717) is 6.54 Å². The third-order valence-corrected chi connectivity index (χ3v) is 4.72. The maximum atomic E-state index is 10.7. The highest BCUT2D eigenvalue weighted by Crippen LogP contribution is 2.13. The van der Waals surface area contributed by atoms with Gasteiger partial charge in [0.15, 0.2) is 0 Å². The molecule has 0 aromatic rings. The summed E-state index contributed by atoms with van der Waals surface area (Å²) in [5.41, 5.74) is 0. The summed E-state index contributed by atoms with van der Waals surface area (Å²) < 4.78 is 0. The van der Waals surface area contributed by atoms with Crippen LogP contribution in [0.1, 0.15) is 110 Å². The van der Waals surface area contributed by atoms with E-state index in [4.69, 9.17) is 10.2 Å². The molecule has 0 rings (SSSR count). The quantitative estimate of drug-likeness (QED) is 0.231. The molecule has 1 amide bonds. The molecule has 0 aromatic carbocycles. The molecule has 4 nitrogen and oxygen atoms in total. The van der Waals surface area contributed by atoms with E-state index in [1.54, 1.807) is 0 Å². The Balaban J connectivity index is 3.11. The van der Waals surface area contributed by atoms with Crippen molar-refractivity contribution in [1.82, 2.24) is 4.90 Å². The van der Waals surface area contributed by atoms with Gasteiger partial charge in [-0.05, 0) is 6.42 Å². The van der Waals surface area contributed by atoms with Crippen LogP contribution in [0.15, 0.2) is 0 Å². The molecule has 144 valence electrons. The first kappa shape index (κ1) is 23.2. The Kier molecular flexibility index (Phi) is 18.0. The van der Waals surface area contributed by atoms with E-state index in [-0.39, 0.29) is 0 Å². The largest absolute Gasteiger partial charge is 0.465 e. The average molecular weight is 344 g/mol. The highest BCUT2D eigenvalue weighted by Gasteiger charge is 2.08. The van der Waals surface area contributed by atoms with Crippen LogP contribution in [-0.4, -0.2) is 34.5 Å². The second-order valence-corrected chi connectivity index (χ2v) is 6.99. The number of hydrogen-bond acceptors (Lipinski definition) is 2. The molecule has 24 heavy (non-hydrogen) atoms. The minimum absolute atomic E-state index is 0.395. The first-order chi connectivity index (χ1) is 11.7. The number of nitrogens with zero attached hydrogens (tertiary/aromatic N) is 1. The molecule has 0 aromatic heterocycles. The minimum atomic E-state index is -1.03. The Hall–Kier alpha value is -0.770. The van der Waals surface area contributed by atoms with Crippen molar-refractivity contribution in [2.75, 3.05) is 13.3 Å². The lowest BCUT2D eigenvalue weighted by atomic mass is 10.0. The SMILES string of the molecule is CCCCCCCCCCCCCCCCCCN(CO)C(=O)O. The maximum Gasteiger partial charge on any atom is 0.409 e. The maximum absolute atomic E-state index is 10.7. The van der Waals surface area contributed by atoms with Gasteiger partial charge in [0.25, 0.3) is 0 Å². The summed E-state index contributed by atoms with van der Waals surface area (Å²) in [6.07, 6.45) is 20.0. The molecule has 0 atom stereocenters. The number of aliphatic hydroxyl groups excluding tert-OH is 1. The van der Waals surface area contributed by atoms with E-state index in [1.165, 1.54) is 89.9 Å². The molecule has 0 saturated carbocycles. The van der Waals surface area contributed by atoms with Crippen molar-refractivity contribution in [3.63, 3.8) is 0 Å². The Bertz CT molecular complexity index is 272. The number of unbranched alkanes of at least 4 members (excludes halogenated alkanes) is 15. The molecule has 2 N–H and O–H groups in total. The summed E-state index contributed by atoms with van der Waals surface area (Å²) in [6.45, 7) is 2.32. The zero-order valence-electron chi connectivity index (χ0n) is 16.0. The van der Waals surface area contributed by atoms with Gasteiger partial charge in [-0.25, -0.2) is 4.79 Å². The molecule has 0 unspecified atom stereocenters. The first-order valence-corrected chi connectivity index (χ1v) is 10.3. The van der Waals surface area contributed by atoms with Crippen molar-refractivity contribution in [3.05, 3.63) is 0 Å². The normalized spacial score (nSPS) is 10.9. The molecule has 4 heteroatoms. The summed E-state index contributed by atoms with van der Waals surface area (Å²) in [6, 6.07) is 0. The van der Waals surface area contributed by atoms with Crippen LogP contribution in [0, 0.1) is 0 Å². The Labute approximate surface area is 149 Å². The van der Waals surface area contributed by atoms with Gasteiger partial charge in [-0.15, -0.1) is 0 Å². The van der Waals surface area contributed by atoms with Crippen LogP contribution in [0.25, 0.3) is 0 Å². The first-order valence-electron chi connectivity index (χ1n) is 10.3. The van der Waals surface area contributed by atoms with Crippen molar-refractivity contribution in [1.29, 1.82) is 0 Å². The smallest absolute Gasteiger partial charge is 0.409 e. The van der Waals surface area contributed by atoms with Crippen molar-refractivity contribution in [2.45, 2.75) is 110 Å². The zero-order chi connectivity index (χ0) is 17.9. The number of carbonyl (C=O) groups is 1. The topological polar surface area (TPSA) is 60.8 Å². The second kappa shape index (κ2) is 18.6. The lowest BCUT2D eigenvalue weighted by molar-refractivity contribution is 0.0876. The van der Waals surface area contributed by atoms with Gasteiger partial charge in [0.2, 0.25) is 0 Å². The van der Waals surface area contributed by atoms with E-state index in [9.17, 15) is 4.79 Å². The standard InChI is InChI=1S/C20H41NO3/c1-2-3-4-5-6-7-8-9-10-11-12-13-14-15-16-17-18-21(19-22)20(23)24/h22H,2-19H2,1H3,(H,23,24). The summed E-state index contributed by atoms with van der Waals surface area (Å²) in [5.74, 6) is 0. The van der Waals surface area contributed by atoms with E-state index in [1.807, 2.05) is 0 Å². The highest BCUT2D eigenvalue weighted by molar-refractivity contribution is 5.64. The van der Waals surface area contributed by atoms with Crippen LogP contribution in [0.5, 0.6) is 0 Å². The number of amides is 1. The van der Waals surface area contributed by atoms with Gasteiger partial charge in [-0.1, -0.05) is 103 Å². The number of aliphatic hydroxyl groups is 1. The van der Waals surface area contributed by atoms with Crippen LogP contribution in [0.4, 0.5) is 4.79 Å². The predicted molar refractivity (Wildman–Crippen MR) is 101 cm³/mol. The Morgan fingerprint density at radius 2 is 1.00 bits per heavy atom. The van der Waals surface area contributed by atoms with Crippen molar-refractivity contribution in [2.24, 2.45) is 0 Å². The van der Waals surface area contributed by atoms with E-state index in [0.717, 1.165) is 17.7 Å². The molecule has 0 aliphatic rings. The van der Waals surface area contributed by atoms with Gasteiger partial charge in [0.05, 0.1) is 0 Å². The van der Waals surface area contributed by atoms with Crippen molar-refractivity contribution >= 4 is 6.09 Å². The van der Waals surface area contributed by atoms with Crippen LogP contribution in [-0.2, 0) is 0 Å². The number of rotatable bonds is 18. The summed E-state index contributed by atoms with van der Waals surface area (Å²) in [4.78, 5) is 11.7. The van der Waals surface area contributed by atoms with E-state index >= 15 is 0 Å². The second-order valence-electron chi connectivity index (χ2n) is 6.99. The van der Waals surface area contributed by atoms with Gasteiger partial charge in [0, 0.05) is 6.54 Å². The fraction of sp³-hybridized carbons (Fsp3) is 0.950. The van der Waals surface area contributed by atoms with Gasteiger partial charge < -0.3 is 10.2 Å². The van der Waals surface area contributed by atoms with Crippen LogP contribution in [0.3, 0.4) is 0 Å². The molecule has 0 radical (unpaired) electrons. The third-order valence-electron chi connectivity index (χ3n) is 4.72. The van der Waals surface area contributed by atoms with Crippen molar-refractivity contribution in [3.8, 4) is 0 Å². The number of carboxylic acid groups (broad SMARTS) is 1. The zero-order valence-corrected chi connectivity index (χ0v) is 16.0. The lowest BCUT2D eigenvalue weighted by Crippen LogP contribution is -2.31. The molecule has 0 aliphatic heterocycles. The average Bonchev–Trinajstić information content (AvgIpc) is 2.57. The molecule has 0 bridgehead atoms. The summed E-state index contributed by atoms with van der Waals surface area (Å²) in [5, 5.41) is 17.6. The van der Waals surface area contributed by atoms with E-state index < -0.39 is 12.8 Å². The molecule has 0 fully saturated rings. The fourth-order valence-corrected chi connectivity index (χ4v) is 3.08. The Morgan fingerprint density at radius 1 is 0.667 bits per heavy atom. The molecule has 0 saturated heterocycles. The lowest BCUT2D eigenvalue weighted by Gasteiger charge is -2.15. The van der Waals surface area contributed by atoms with Gasteiger partial charge in [-0.3, -0.25) is 4.90 Å². The third kappa shape index (κ3) is 16.1. The Morgan fingerprint density at radius 3 is 1.29 bits per heavy atom. The molecule has 0 spiro atoms. The number of hydrogen-bond donors (Lipinski definition) is 2. The fourth-order valence-electron chi connectivity index (χ4n) is 3.08. The van der Waals surface area contributed by atoms with Gasteiger partial charge in [0.1, 0.15) is 6.73 Å². The molecular weight excluding hydrogens is 302 g/mol. The minimum Gasteiger partial charge on any atom is -0.465 e. The molecule has 0 heterocycles. The molecule has 0 aliphatic carbocycles. The van der Waals surface area contributed by atoms with Crippen LogP contribution in [0.2, 0.25) is 0 Å². The highest BCUT2D eigenvalue weighted by atomic mass is 16.4. The summed E-state index contributed by atoms with van der Waals surface area (Å²) in [7, 11) is 0. The predicted octanol–water partition coefficient (Wildman–Crippen LogP) is 6.18. The monoisotopic (exact) mass is 343 g/mol. The van der Waals surface area contributed by atoms with Gasteiger partial charge in [-0.2, -0.15) is 0 Å². The summed E-state index contributed by atoms with van der Waals surface area (Å²) >= 11 is 0. The van der Waals surface area contributed by atoms with Crippen LogP contribution < -0.4 is 0 Å². The van der Waals surface area contributed by atoms with Gasteiger partial charge >= 0.3 is 6.09 Å². The van der Waals surface area contributed by atoms with E-state index in [2.05, 4.69) is 6.92 Å².